The van der Waals surface area contributed by atoms with Crippen LogP contribution in [0.15, 0.2) is 30.3 Å². The molecule has 5 nitrogen and oxygen atoms in total. The van der Waals surface area contributed by atoms with Crippen molar-refractivity contribution in [1.29, 1.82) is 0 Å². The van der Waals surface area contributed by atoms with E-state index in [-0.39, 0.29) is 37.0 Å². The average molecular weight is 421 g/mol. The van der Waals surface area contributed by atoms with Crippen LogP contribution in [0, 0.1) is 0 Å². The van der Waals surface area contributed by atoms with E-state index >= 15 is 0 Å². The molecule has 8 heteroatoms. The smallest absolute Gasteiger partial charge is 0.416 e. The lowest BCUT2D eigenvalue weighted by molar-refractivity contribution is -0.138. The molecule has 0 saturated heterocycles. The van der Waals surface area contributed by atoms with E-state index in [1.807, 2.05) is 18.0 Å². The molecule has 0 amide bonds. The molecule has 1 unspecified atom stereocenters. The number of ether oxygens (including phenoxy) is 3. The Bertz CT molecular complexity index is 974. The molecule has 0 fully saturated rings. The largest absolute Gasteiger partial charge is 0.492 e. The van der Waals surface area contributed by atoms with Crippen molar-refractivity contribution in [3.05, 3.63) is 52.6 Å². The molecule has 0 bridgehead atoms. The molecule has 2 aromatic rings. The number of rotatable bonds is 5. The first-order chi connectivity index (χ1) is 14.3. The van der Waals surface area contributed by atoms with Crippen molar-refractivity contribution in [1.82, 2.24) is 4.90 Å². The quantitative estimate of drug-likeness (QED) is 0.725. The van der Waals surface area contributed by atoms with Gasteiger partial charge in [0.2, 0.25) is 12.5 Å². The maximum absolute atomic E-state index is 13.3. The molecule has 1 atom stereocenters. The second-order valence-electron chi connectivity index (χ2n) is 7.54. The number of alkyl halides is 3. The van der Waals surface area contributed by atoms with Crippen LogP contribution >= 0.6 is 0 Å². The first kappa shape index (κ1) is 20.5. The fourth-order valence-electron chi connectivity index (χ4n) is 4.23. The third-order valence-electron chi connectivity index (χ3n) is 5.68. The van der Waals surface area contributed by atoms with E-state index < -0.39 is 11.7 Å². The number of carbonyl (C=O) groups excluding carboxylic acids is 1. The van der Waals surface area contributed by atoms with E-state index in [1.165, 1.54) is 25.3 Å². The highest BCUT2D eigenvalue weighted by Crippen LogP contribution is 2.50. The summed E-state index contributed by atoms with van der Waals surface area (Å²) >= 11 is 0. The lowest BCUT2D eigenvalue weighted by Gasteiger charge is -2.35. The van der Waals surface area contributed by atoms with E-state index in [4.69, 9.17) is 14.2 Å². The zero-order valence-corrected chi connectivity index (χ0v) is 16.7. The number of hydrogen-bond donors (Lipinski definition) is 0. The van der Waals surface area contributed by atoms with Crippen LogP contribution in [0.4, 0.5) is 13.2 Å². The minimum atomic E-state index is -4.49. The fraction of sp³-hybridized carbons (Fsp3) is 0.409. The van der Waals surface area contributed by atoms with Crippen molar-refractivity contribution in [2.75, 3.05) is 27.5 Å². The van der Waals surface area contributed by atoms with Gasteiger partial charge in [-0.25, -0.2) is 0 Å². The first-order valence-electron chi connectivity index (χ1n) is 9.66. The molecule has 2 aliphatic rings. The van der Waals surface area contributed by atoms with Gasteiger partial charge in [0.05, 0.1) is 12.7 Å². The highest BCUT2D eigenvalue weighted by molar-refractivity contribution is 5.82. The predicted octanol–water partition coefficient (Wildman–Crippen LogP) is 4.17. The second-order valence-corrected chi connectivity index (χ2v) is 7.54. The van der Waals surface area contributed by atoms with E-state index in [0.717, 1.165) is 23.6 Å². The Hall–Kier alpha value is -2.74. The zero-order valence-electron chi connectivity index (χ0n) is 16.7. The fourth-order valence-corrected chi connectivity index (χ4v) is 4.23. The molecule has 30 heavy (non-hydrogen) atoms. The molecule has 0 saturated carbocycles. The first-order valence-corrected chi connectivity index (χ1v) is 9.66. The summed E-state index contributed by atoms with van der Waals surface area (Å²) in [5.41, 5.74) is 1.07. The number of likely N-dealkylation sites (N-methyl/N-ethyl adjacent to an activating group) is 1. The van der Waals surface area contributed by atoms with Gasteiger partial charge in [0.25, 0.3) is 0 Å². The van der Waals surface area contributed by atoms with E-state index in [9.17, 15) is 18.0 Å². The zero-order chi connectivity index (χ0) is 21.5. The van der Waals surface area contributed by atoms with E-state index in [2.05, 4.69) is 0 Å². The van der Waals surface area contributed by atoms with Crippen molar-refractivity contribution < 1.29 is 32.2 Å². The maximum Gasteiger partial charge on any atom is 0.416 e. The third-order valence-corrected chi connectivity index (χ3v) is 5.68. The Kier molecular flexibility index (Phi) is 5.36. The normalized spacial score (nSPS) is 18.2. The SMILES string of the molecule is COc1c2c(cc3c1C(CC(=O)Cc1ccccc1C(F)(F)F)N(C)CC3)OCO2. The van der Waals surface area contributed by atoms with Crippen molar-refractivity contribution in [3.63, 3.8) is 0 Å². The van der Waals surface area contributed by atoms with Gasteiger partial charge in [-0.15, -0.1) is 0 Å². The van der Waals surface area contributed by atoms with Gasteiger partial charge in [0.15, 0.2) is 11.5 Å². The molecule has 0 aromatic heterocycles. The number of Topliss-reactive ketones (excluding diaryl/α,β-unsaturated/α-hetero) is 1. The second kappa shape index (κ2) is 7.83. The van der Waals surface area contributed by atoms with E-state index in [1.54, 1.807) is 0 Å². The van der Waals surface area contributed by atoms with E-state index in [0.29, 0.717) is 23.8 Å². The summed E-state index contributed by atoms with van der Waals surface area (Å²) in [4.78, 5) is 14.9. The molecule has 0 spiro atoms. The standard InChI is InChI=1S/C22H22F3NO4/c1-26-8-7-14-10-18-20(30-12-29-18)21(28-2)19(14)17(26)11-15(27)9-13-5-3-4-6-16(13)22(23,24)25/h3-6,10,17H,7-9,11-12H2,1-2H3. The Morgan fingerprint density at radius 3 is 2.77 bits per heavy atom. The summed E-state index contributed by atoms with van der Waals surface area (Å²) < 4.78 is 56.5. The molecule has 160 valence electrons. The number of nitrogens with zero attached hydrogens (tertiary/aromatic N) is 1. The topological polar surface area (TPSA) is 48.0 Å². The molecule has 2 aliphatic heterocycles. The van der Waals surface area contributed by atoms with Gasteiger partial charge in [-0.2, -0.15) is 13.2 Å². The monoisotopic (exact) mass is 421 g/mol. The van der Waals surface area contributed by atoms with Crippen LogP contribution in [0.2, 0.25) is 0 Å². The number of carbonyl (C=O) groups is 1. The summed E-state index contributed by atoms with van der Waals surface area (Å²) in [6.45, 7) is 0.815. The van der Waals surface area contributed by atoms with Crippen LogP contribution in [-0.2, 0) is 23.8 Å². The van der Waals surface area contributed by atoms with Crippen molar-refractivity contribution in [2.45, 2.75) is 31.5 Å². The number of methoxy groups -OCH3 is 1. The number of fused-ring (bicyclic) bond motifs is 2. The predicted molar refractivity (Wildman–Crippen MR) is 103 cm³/mol. The minimum Gasteiger partial charge on any atom is -0.492 e. The highest BCUT2D eigenvalue weighted by Gasteiger charge is 2.36. The number of halogens is 3. The number of hydrogen-bond acceptors (Lipinski definition) is 5. The summed E-state index contributed by atoms with van der Waals surface area (Å²) in [7, 11) is 3.43. The van der Waals surface area contributed by atoms with Crippen molar-refractivity contribution in [2.24, 2.45) is 0 Å². The number of ketones is 1. The molecule has 4 rings (SSSR count). The van der Waals surface area contributed by atoms with Gasteiger partial charge in [-0.1, -0.05) is 18.2 Å². The summed E-state index contributed by atoms with van der Waals surface area (Å²) in [5, 5.41) is 0. The lowest BCUT2D eigenvalue weighted by Crippen LogP contribution is -2.34. The maximum atomic E-state index is 13.3. The lowest BCUT2D eigenvalue weighted by atomic mass is 9.87. The van der Waals surface area contributed by atoms with Gasteiger partial charge >= 0.3 is 6.18 Å². The summed E-state index contributed by atoms with van der Waals surface area (Å²) in [6, 6.07) is 6.80. The van der Waals surface area contributed by atoms with Crippen LogP contribution in [-0.4, -0.2) is 38.2 Å². The van der Waals surface area contributed by atoms with Gasteiger partial charge in [-0.05, 0) is 36.7 Å². The Morgan fingerprint density at radius 2 is 2.03 bits per heavy atom. The Labute approximate surface area is 172 Å². The van der Waals surface area contributed by atoms with Crippen LogP contribution < -0.4 is 14.2 Å². The van der Waals surface area contributed by atoms with Crippen LogP contribution in [0.25, 0.3) is 0 Å². The van der Waals surface area contributed by atoms with Gasteiger partial charge < -0.3 is 14.2 Å². The minimum absolute atomic E-state index is 0.00802. The molecule has 0 N–H and O–H groups in total. The summed E-state index contributed by atoms with van der Waals surface area (Å²) in [6.07, 6.45) is -3.94. The van der Waals surface area contributed by atoms with Crippen molar-refractivity contribution in [3.8, 4) is 17.2 Å². The third kappa shape index (κ3) is 3.71. The van der Waals surface area contributed by atoms with Crippen molar-refractivity contribution >= 4 is 5.78 Å². The Morgan fingerprint density at radius 1 is 1.27 bits per heavy atom. The van der Waals surface area contributed by atoms with Gasteiger partial charge in [-0.3, -0.25) is 9.69 Å². The van der Waals surface area contributed by atoms with Crippen LogP contribution in [0.3, 0.4) is 0 Å². The molecule has 0 radical (unpaired) electrons. The molecule has 0 aliphatic carbocycles. The van der Waals surface area contributed by atoms with Crippen LogP contribution in [0.5, 0.6) is 17.2 Å². The molecular formula is C22H22F3NO4. The number of benzene rings is 2. The molecule has 2 heterocycles. The molecule has 2 aromatic carbocycles. The van der Waals surface area contributed by atoms with Crippen LogP contribution in [0.1, 0.15) is 34.7 Å². The summed E-state index contributed by atoms with van der Waals surface area (Å²) in [5.74, 6) is 1.38. The average Bonchev–Trinajstić information content (AvgIpc) is 3.16. The highest BCUT2D eigenvalue weighted by atomic mass is 19.4. The Balaban J connectivity index is 1.63. The van der Waals surface area contributed by atoms with Gasteiger partial charge in [0, 0.05) is 31.0 Å². The van der Waals surface area contributed by atoms with Gasteiger partial charge in [0.1, 0.15) is 5.78 Å². The molecular weight excluding hydrogens is 399 g/mol.